The van der Waals surface area contributed by atoms with Gasteiger partial charge in [-0.25, -0.2) is 4.98 Å². The van der Waals surface area contributed by atoms with Crippen LogP contribution in [0.1, 0.15) is 30.2 Å². The molecule has 0 saturated carbocycles. The summed E-state index contributed by atoms with van der Waals surface area (Å²) >= 11 is 7.87. The van der Waals surface area contributed by atoms with Gasteiger partial charge in [-0.3, -0.25) is 9.36 Å². The summed E-state index contributed by atoms with van der Waals surface area (Å²) in [6.45, 7) is 2.51. The van der Waals surface area contributed by atoms with Crippen molar-refractivity contribution in [2.75, 3.05) is 12.4 Å². The summed E-state index contributed by atoms with van der Waals surface area (Å²) in [7, 11) is 1.58. The summed E-state index contributed by atoms with van der Waals surface area (Å²) in [5.41, 5.74) is 2.03. The average Bonchev–Trinajstić information content (AvgIpc) is 3.00. The molecule has 4 rings (SSSR count). The van der Waals surface area contributed by atoms with E-state index >= 15 is 0 Å². The number of halogens is 1. The van der Waals surface area contributed by atoms with Crippen LogP contribution >= 0.6 is 22.9 Å². The van der Waals surface area contributed by atoms with Gasteiger partial charge in [0.15, 0.2) is 0 Å². The fraction of sp³-hybridized carbons (Fsp3) is 0.368. The lowest BCUT2D eigenvalue weighted by atomic mass is 9.97. The topological polar surface area (TPSA) is 56.1 Å². The van der Waals surface area contributed by atoms with Crippen molar-refractivity contribution in [3.05, 3.63) is 44.0 Å². The highest BCUT2D eigenvalue weighted by Gasteiger charge is 2.21. The van der Waals surface area contributed by atoms with E-state index in [0.29, 0.717) is 23.3 Å². The molecule has 26 heavy (non-hydrogen) atoms. The largest absolute Gasteiger partial charge is 0.495 e. The maximum absolute atomic E-state index is 13.1. The third-order valence-corrected chi connectivity index (χ3v) is 6.28. The molecule has 0 radical (unpaired) electrons. The highest BCUT2D eigenvalue weighted by atomic mass is 35.5. The number of nitrogens with zero attached hydrogens (tertiary/aromatic N) is 2. The lowest BCUT2D eigenvalue weighted by Crippen LogP contribution is -2.23. The van der Waals surface area contributed by atoms with Gasteiger partial charge in [0.2, 0.25) is 5.95 Å². The fourth-order valence-corrected chi connectivity index (χ4v) is 5.01. The van der Waals surface area contributed by atoms with Gasteiger partial charge in [-0.05, 0) is 56.4 Å². The molecular weight excluding hydrogens is 370 g/mol. The van der Waals surface area contributed by atoms with Crippen LogP contribution < -0.4 is 15.6 Å². The number of aryl methyl sites for hydroxylation is 2. The first-order valence-electron chi connectivity index (χ1n) is 8.78. The minimum atomic E-state index is 0.0407. The molecule has 0 fully saturated rings. The SMILES string of the molecule is CCn1c(Nc2ccc(OC)c(Cl)c2)nc2sc3c(c2c1=O)CCCC3. The Hall–Kier alpha value is -2.05. The molecule has 0 bridgehead atoms. The van der Waals surface area contributed by atoms with E-state index in [1.54, 1.807) is 35.1 Å². The summed E-state index contributed by atoms with van der Waals surface area (Å²) in [4.78, 5) is 20.0. The van der Waals surface area contributed by atoms with E-state index in [2.05, 4.69) is 5.32 Å². The predicted octanol–water partition coefficient (Wildman–Crippen LogP) is 4.76. The third-order valence-electron chi connectivity index (χ3n) is 4.80. The molecule has 3 aromatic rings. The molecule has 0 atom stereocenters. The summed E-state index contributed by atoms with van der Waals surface area (Å²) < 4.78 is 6.89. The minimum absolute atomic E-state index is 0.0407. The Bertz CT molecular complexity index is 1040. The van der Waals surface area contributed by atoms with Gasteiger partial charge < -0.3 is 10.1 Å². The number of thiophene rings is 1. The zero-order chi connectivity index (χ0) is 18.3. The molecule has 0 unspecified atom stereocenters. The summed E-state index contributed by atoms with van der Waals surface area (Å²) in [5, 5.41) is 4.57. The highest BCUT2D eigenvalue weighted by Crippen LogP contribution is 2.35. The predicted molar refractivity (Wildman–Crippen MR) is 107 cm³/mol. The van der Waals surface area contributed by atoms with Crippen LogP contribution in [0.2, 0.25) is 5.02 Å². The van der Waals surface area contributed by atoms with Crippen molar-refractivity contribution in [3.8, 4) is 5.75 Å². The second kappa shape index (κ2) is 6.93. The van der Waals surface area contributed by atoms with Gasteiger partial charge in [0, 0.05) is 17.1 Å². The van der Waals surface area contributed by atoms with Gasteiger partial charge in [0.1, 0.15) is 10.6 Å². The Balaban J connectivity index is 1.82. The first kappa shape index (κ1) is 17.4. The van der Waals surface area contributed by atoms with Crippen molar-refractivity contribution >= 4 is 44.8 Å². The van der Waals surface area contributed by atoms with Crippen LogP contribution in [0.5, 0.6) is 5.75 Å². The number of hydrogen-bond acceptors (Lipinski definition) is 5. The fourth-order valence-electron chi connectivity index (χ4n) is 3.50. The number of fused-ring (bicyclic) bond motifs is 3. The minimum Gasteiger partial charge on any atom is -0.495 e. The van der Waals surface area contributed by atoms with Crippen LogP contribution in [0.3, 0.4) is 0 Å². The van der Waals surface area contributed by atoms with E-state index < -0.39 is 0 Å². The molecule has 1 aliphatic rings. The van der Waals surface area contributed by atoms with Crippen LogP contribution in [0.25, 0.3) is 10.2 Å². The van der Waals surface area contributed by atoms with E-state index in [4.69, 9.17) is 21.3 Å². The maximum Gasteiger partial charge on any atom is 0.263 e. The standard InChI is InChI=1S/C19H20ClN3O2S/c1-3-23-18(24)16-12-6-4-5-7-15(12)26-17(16)22-19(23)21-11-8-9-14(25-2)13(20)10-11/h8-10H,3-7H2,1-2H3,(H,21,22). The molecule has 136 valence electrons. The zero-order valence-electron chi connectivity index (χ0n) is 14.8. The van der Waals surface area contributed by atoms with Crippen molar-refractivity contribution in [2.24, 2.45) is 0 Å². The zero-order valence-corrected chi connectivity index (χ0v) is 16.3. The molecule has 5 nitrogen and oxygen atoms in total. The van der Waals surface area contributed by atoms with Gasteiger partial charge in [-0.15, -0.1) is 11.3 Å². The number of anilines is 2. The van der Waals surface area contributed by atoms with Gasteiger partial charge in [0.25, 0.3) is 5.56 Å². The van der Waals surface area contributed by atoms with Crippen molar-refractivity contribution < 1.29 is 4.74 Å². The van der Waals surface area contributed by atoms with Crippen molar-refractivity contribution in [3.63, 3.8) is 0 Å². The number of hydrogen-bond donors (Lipinski definition) is 1. The van der Waals surface area contributed by atoms with E-state index in [0.717, 1.165) is 35.2 Å². The molecule has 1 aromatic carbocycles. The summed E-state index contributed by atoms with van der Waals surface area (Å²) in [6, 6.07) is 5.43. The molecule has 2 heterocycles. The molecule has 0 amide bonds. The van der Waals surface area contributed by atoms with Crippen LogP contribution in [0.15, 0.2) is 23.0 Å². The Morgan fingerprint density at radius 2 is 2.15 bits per heavy atom. The Morgan fingerprint density at radius 3 is 2.88 bits per heavy atom. The van der Waals surface area contributed by atoms with Crippen molar-refractivity contribution in [2.45, 2.75) is 39.2 Å². The average molecular weight is 390 g/mol. The quantitative estimate of drug-likeness (QED) is 0.698. The monoisotopic (exact) mass is 389 g/mol. The molecule has 2 aromatic heterocycles. The number of nitrogens with one attached hydrogen (secondary N) is 1. The van der Waals surface area contributed by atoms with Crippen LogP contribution in [-0.4, -0.2) is 16.7 Å². The highest BCUT2D eigenvalue weighted by molar-refractivity contribution is 7.18. The Kier molecular flexibility index (Phi) is 4.63. The second-order valence-corrected chi connectivity index (χ2v) is 7.84. The van der Waals surface area contributed by atoms with Gasteiger partial charge >= 0.3 is 0 Å². The number of aromatic nitrogens is 2. The number of benzene rings is 1. The first-order chi connectivity index (χ1) is 12.6. The van der Waals surface area contributed by atoms with Gasteiger partial charge in [-0.2, -0.15) is 0 Å². The summed E-state index contributed by atoms with van der Waals surface area (Å²) in [5.74, 6) is 1.16. The van der Waals surface area contributed by atoms with E-state index in [9.17, 15) is 4.79 Å². The number of rotatable bonds is 4. The number of ether oxygens (including phenoxy) is 1. The molecule has 0 saturated heterocycles. The van der Waals surface area contributed by atoms with E-state index in [1.807, 2.05) is 13.0 Å². The van der Waals surface area contributed by atoms with Crippen LogP contribution in [0.4, 0.5) is 11.6 Å². The van der Waals surface area contributed by atoms with Gasteiger partial charge in [0.05, 0.1) is 17.5 Å². The number of methoxy groups -OCH3 is 1. The Labute approximate surface area is 160 Å². The van der Waals surface area contributed by atoms with Crippen LogP contribution in [0, 0.1) is 0 Å². The van der Waals surface area contributed by atoms with E-state index in [1.165, 1.54) is 16.9 Å². The molecular formula is C19H20ClN3O2S. The first-order valence-corrected chi connectivity index (χ1v) is 9.97. The van der Waals surface area contributed by atoms with E-state index in [-0.39, 0.29) is 5.56 Å². The molecule has 1 aliphatic carbocycles. The Morgan fingerprint density at radius 1 is 1.35 bits per heavy atom. The molecule has 0 spiro atoms. The maximum atomic E-state index is 13.1. The molecule has 0 aliphatic heterocycles. The van der Waals surface area contributed by atoms with Crippen molar-refractivity contribution in [1.82, 2.24) is 9.55 Å². The lowest BCUT2D eigenvalue weighted by Gasteiger charge is -2.14. The van der Waals surface area contributed by atoms with Gasteiger partial charge in [-0.1, -0.05) is 11.6 Å². The van der Waals surface area contributed by atoms with Crippen molar-refractivity contribution in [1.29, 1.82) is 0 Å². The third kappa shape index (κ3) is 2.87. The smallest absolute Gasteiger partial charge is 0.263 e. The second-order valence-electron chi connectivity index (χ2n) is 6.35. The normalized spacial score (nSPS) is 13.7. The summed E-state index contributed by atoms with van der Waals surface area (Å²) in [6.07, 6.45) is 4.38. The van der Waals surface area contributed by atoms with Crippen LogP contribution in [-0.2, 0) is 19.4 Å². The molecule has 7 heteroatoms. The molecule has 1 N–H and O–H groups in total. The lowest BCUT2D eigenvalue weighted by molar-refractivity contribution is 0.415.